The predicted octanol–water partition coefficient (Wildman–Crippen LogP) is 1.86. The van der Waals surface area contributed by atoms with Gasteiger partial charge in [-0.15, -0.1) is 0 Å². The topological polar surface area (TPSA) is 78.6 Å². The number of rotatable bonds is 7. The fourth-order valence-corrected chi connectivity index (χ4v) is 2.27. The molecule has 5 nitrogen and oxygen atoms in total. The molecule has 0 unspecified atom stereocenters. The highest BCUT2D eigenvalue weighted by Crippen LogP contribution is 2.26. The van der Waals surface area contributed by atoms with Crippen molar-refractivity contribution >= 4 is 17.3 Å². The molecular formula is C14H21N3O2. The molecule has 19 heavy (non-hydrogen) atoms. The van der Waals surface area contributed by atoms with E-state index in [1.54, 1.807) is 12.1 Å². The monoisotopic (exact) mass is 263 g/mol. The first-order chi connectivity index (χ1) is 9.11. The van der Waals surface area contributed by atoms with Crippen LogP contribution in [0.4, 0.5) is 11.4 Å². The molecule has 1 aliphatic rings. The van der Waals surface area contributed by atoms with E-state index >= 15 is 0 Å². The van der Waals surface area contributed by atoms with E-state index in [1.165, 1.54) is 18.9 Å². The van der Waals surface area contributed by atoms with Crippen molar-refractivity contribution in [2.75, 3.05) is 30.7 Å². The number of nitrogens with two attached hydrogens (primary N) is 1. The molecule has 0 atom stereocenters. The number of nitrogen functional groups attached to an aromatic ring is 1. The van der Waals surface area contributed by atoms with E-state index in [4.69, 9.17) is 10.8 Å². The summed E-state index contributed by atoms with van der Waals surface area (Å²) in [5.74, 6) is -0.954. The van der Waals surface area contributed by atoms with Crippen molar-refractivity contribution in [3.05, 3.63) is 23.8 Å². The van der Waals surface area contributed by atoms with Gasteiger partial charge in [0.15, 0.2) is 0 Å². The van der Waals surface area contributed by atoms with E-state index in [2.05, 4.69) is 17.1 Å². The number of benzene rings is 1. The first kappa shape index (κ1) is 13.7. The van der Waals surface area contributed by atoms with Crippen LogP contribution in [0.1, 0.15) is 30.1 Å². The molecule has 1 saturated carbocycles. The van der Waals surface area contributed by atoms with Crippen LogP contribution in [-0.4, -0.2) is 41.7 Å². The Balaban J connectivity index is 1.93. The first-order valence-corrected chi connectivity index (χ1v) is 6.72. The van der Waals surface area contributed by atoms with Gasteiger partial charge in [0.2, 0.25) is 0 Å². The zero-order valence-corrected chi connectivity index (χ0v) is 11.2. The maximum Gasteiger partial charge on any atom is 0.337 e. The van der Waals surface area contributed by atoms with Gasteiger partial charge in [-0.05, 0) is 37.6 Å². The second-order valence-corrected chi connectivity index (χ2v) is 4.90. The van der Waals surface area contributed by atoms with Crippen molar-refractivity contribution in [1.29, 1.82) is 0 Å². The number of anilines is 2. The van der Waals surface area contributed by atoms with Gasteiger partial charge in [-0.1, -0.05) is 6.92 Å². The molecule has 0 bridgehead atoms. The molecule has 0 aromatic heterocycles. The summed E-state index contributed by atoms with van der Waals surface area (Å²) in [4.78, 5) is 13.6. The Bertz CT molecular complexity index is 458. The minimum Gasteiger partial charge on any atom is -0.478 e. The number of nitrogens with zero attached hydrogens (tertiary/aromatic N) is 1. The van der Waals surface area contributed by atoms with Crippen molar-refractivity contribution in [1.82, 2.24) is 4.90 Å². The van der Waals surface area contributed by atoms with Crippen LogP contribution in [0.3, 0.4) is 0 Å². The smallest absolute Gasteiger partial charge is 0.337 e. The molecule has 1 aromatic carbocycles. The van der Waals surface area contributed by atoms with Crippen LogP contribution in [0.15, 0.2) is 18.2 Å². The maximum absolute atomic E-state index is 11.1. The Morgan fingerprint density at radius 1 is 1.53 bits per heavy atom. The van der Waals surface area contributed by atoms with Crippen LogP contribution in [0.5, 0.6) is 0 Å². The van der Waals surface area contributed by atoms with Gasteiger partial charge in [-0.2, -0.15) is 0 Å². The molecule has 0 saturated heterocycles. The third-order valence-corrected chi connectivity index (χ3v) is 3.46. The van der Waals surface area contributed by atoms with E-state index in [1.807, 2.05) is 0 Å². The van der Waals surface area contributed by atoms with Gasteiger partial charge >= 0.3 is 5.97 Å². The van der Waals surface area contributed by atoms with Crippen LogP contribution >= 0.6 is 0 Å². The molecule has 0 radical (unpaired) electrons. The fraction of sp³-hybridized carbons (Fsp3) is 0.500. The van der Waals surface area contributed by atoms with Crippen LogP contribution in [0, 0.1) is 0 Å². The summed E-state index contributed by atoms with van der Waals surface area (Å²) in [6.07, 6.45) is 2.58. The number of nitrogens with one attached hydrogen (secondary N) is 1. The van der Waals surface area contributed by atoms with Crippen LogP contribution in [0.25, 0.3) is 0 Å². The number of carboxylic acids is 1. The highest BCUT2D eigenvalue weighted by atomic mass is 16.4. The predicted molar refractivity (Wildman–Crippen MR) is 76.6 cm³/mol. The molecule has 5 heteroatoms. The van der Waals surface area contributed by atoms with Crippen molar-refractivity contribution < 1.29 is 9.90 Å². The SMILES string of the molecule is CCN(CCNc1ccc(N)cc1C(=O)O)C1CC1. The second kappa shape index (κ2) is 5.93. The fourth-order valence-electron chi connectivity index (χ4n) is 2.27. The van der Waals surface area contributed by atoms with Gasteiger partial charge in [0.25, 0.3) is 0 Å². The average Bonchev–Trinajstić information content (AvgIpc) is 3.20. The first-order valence-electron chi connectivity index (χ1n) is 6.72. The highest BCUT2D eigenvalue weighted by Gasteiger charge is 2.27. The van der Waals surface area contributed by atoms with Gasteiger partial charge in [-0.25, -0.2) is 4.79 Å². The molecule has 0 spiro atoms. The Morgan fingerprint density at radius 2 is 2.26 bits per heavy atom. The number of likely N-dealkylation sites (N-methyl/N-ethyl adjacent to an activating group) is 1. The highest BCUT2D eigenvalue weighted by molar-refractivity contribution is 5.95. The molecule has 1 aromatic rings. The molecular weight excluding hydrogens is 242 g/mol. The third-order valence-electron chi connectivity index (χ3n) is 3.46. The Kier molecular flexibility index (Phi) is 4.27. The lowest BCUT2D eigenvalue weighted by Gasteiger charge is -2.20. The molecule has 2 rings (SSSR count). The Labute approximate surface area is 113 Å². The molecule has 104 valence electrons. The van der Waals surface area contributed by atoms with Crippen molar-refractivity contribution in [2.24, 2.45) is 0 Å². The lowest BCUT2D eigenvalue weighted by atomic mass is 10.1. The summed E-state index contributed by atoms with van der Waals surface area (Å²) in [5.41, 5.74) is 6.94. The lowest BCUT2D eigenvalue weighted by molar-refractivity contribution is 0.0698. The van der Waals surface area contributed by atoms with Crippen molar-refractivity contribution in [2.45, 2.75) is 25.8 Å². The van der Waals surface area contributed by atoms with E-state index in [0.717, 1.165) is 25.7 Å². The van der Waals surface area contributed by atoms with E-state index in [0.29, 0.717) is 11.4 Å². The largest absolute Gasteiger partial charge is 0.478 e. The third kappa shape index (κ3) is 3.61. The normalized spacial score (nSPS) is 14.6. The minimum absolute atomic E-state index is 0.231. The average molecular weight is 263 g/mol. The van der Waals surface area contributed by atoms with Crippen LogP contribution < -0.4 is 11.1 Å². The number of aromatic carboxylic acids is 1. The van der Waals surface area contributed by atoms with Gasteiger partial charge in [-0.3, -0.25) is 4.90 Å². The Morgan fingerprint density at radius 3 is 2.84 bits per heavy atom. The molecule has 0 amide bonds. The second-order valence-electron chi connectivity index (χ2n) is 4.90. The summed E-state index contributed by atoms with van der Waals surface area (Å²) >= 11 is 0. The minimum atomic E-state index is -0.954. The van der Waals surface area contributed by atoms with Gasteiger partial charge < -0.3 is 16.2 Å². The van der Waals surface area contributed by atoms with Gasteiger partial charge in [0.05, 0.1) is 5.56 Å². The number of hydrogen-bond acceptors (Lipinski definition) is 4. The molecule has 4 N–H and O–H groups in total. The standard InChI is InChI=1S/C14H21N3O2/c1-2-17(11-4-5-11)8-7-16-13-6-3-10(15)9-12(13)14(18)19/h3,6,9,11,16H,2,4-5,7-8,15H2,1H3,(H,18,19). The summed E-state index contributed by atoms with van der Waals surface area (Å²) in [6.45, 7) is 4.88. The Hall–Kier alpha value is -1.75. The molecule has 0 heterocycles. The number of carboxylic acid groups (broad SMARTS) is 1. The van der Waals surface area contributed by atoms with Crippen LogP contribution in [-0.2, 0) is 0 Å². The quantitative estimate of drug-likeness (QED) is 0.654. The van der Waals surface area contributed by atoms with Crippen molar-refractivity contribution in [3.63, 3.8) is 0 Å². The number of hydrogen-bond donors (Lipinski definition) is 3. The summed E-state index contributed by atoms with van der Waals surface area (Å²) in [6, 6.07) is 5.67. The molecule has 1 aliphatic carbocycles. The number of carbonyl (C=O) groups is 1. The molecule has 0 aliphatic heterocycles. The summed E-state index contributed by atoms with van der Waals surface area (Å²) in [7, 11) is 0. The zero-order chi connectivity index (χ0) is 13.8. The zero-order valence-electron chi connectivity index (χ0n) is 11.2. The van der Waals surface area contributed by atoms with Gasteiger partial charge in [0, 0.05) is 30.5 Å². The van der Waals surface area contributed by atoms with Crippen molar-refractivity contribution in [3.8, 4) is 0 Å². The van der Waals surface area contributed by atoms with Crippen LogP contribution in [0.2, 0.25) is 0 Å². The summed E-state index contributed by atoms with van der Waals surface area (Å²) in [5, 5.41) is 12.3. The van der Waals surface area contributed by atoms with Gasteiger partial charge in [0.1, 0.15) is 0 Å². The summed E-state index contributed by atoms with van der Waals surface area (Å²) < 4.78 is 0. The van der Waals surface area contributed by atoms with E-state index in [-0.39, 0.29) is 5.56 Å². The van der Waals surface area contributed by atoms with E-state index < -0.39 is 5.97 Å². The van der Waals surface area contributed by atoms with E-state index in [9.17, 15) is 4.79 Å². The lowest BCUT2D eigenvalue weighted by Crippen LogP contribution is -2.31. The molecule has 1 fully saturated rings. The maximum atomic E-state index is 11.1.